The molecule has 1 N–H and O–H groups in total. The lowest BCUT2D eigenvalue weighted by molar-refractivity contribution is 0.0943. The van der Waals surface area contributed by atoms with Crippen LogP contribution in [-0.4, -0.2) is 24.1 Å². The first kappa shape index (κ1) is 25.1. The minimum atomic E-state index is 0.0135. The Morgan fingerprint density at radius 1 is 0.943 bits per heavy atom. The summed E-state index contributed by atoms with van der Waals surface area (Å²) < 4.78 is 10.7. The predicted molar refractivity (Wildman–Crippen MR) is 147 cm³/mol. The zero-order valence-corrected chi connectivity index (χ0v) is 21.7. The van der Waals surface area contributed by atoms with Gasteiger partial charge in [0.1, 0.15) is 5.75 Å². The van der Waals surface area contributed by atoms with E-state index in [4.69, 9.17) is 4.74 Å². The first-order chi connectivity index (χ1) is 17.1. The molecule has 0 spiro atoms. The quantitative estimate of drug-likeness (QED) is 0.176. The summed E-state index contributed by atoms with van der Waals surface area (Å²) in [6.07, 6.45) is 5.76. The molecule has 0 radical (unpaired) electrons. The number of hydrogen-bond acceptors (Lipinski definition) is 4. The van der Waals surface area contributed by atoms with E-state index < -0.39 is 0 Å². The normalized spacial score (nSPS) is 11.2. The number of aryl methyl sites for hydroxylation is 1. The molecule has 1 aromatic heterocycles. The molecule has 0 amide bonds. The third-order valence-corrected chi connectivity index (χ3v) is 7.17. The van der Waals surface area contributed by atoms with E-state index in [9.17, 15) is 4.79 Å². The van der Waals surface area contributed by atoms with E-state index in [-0.39, 0.29) is 5.91 Å². The molecule has 0 aliphatic heterocycles. The number of carbonyl (C=O) groups is 1. The van der Waals surface area contributed by atoms with Gasteiger partial charge in [-0.3, -0.25) is 14.1 Å². The van der Waals surface area contributed by atoms with Gasteiger partial charge in [0.15, 0.2) is 0 Å². The average Bonchev–Trinajstić information content (AvgIpc) is 3.22. The Balaban J connectivity index is 1.52. The summed E-state index contributed by atoms with van der Waals surface area (Å²) in [6, 6.07) is 25.0. The molecule has 5 heteroatoms. The van der Waals surface area contributed by atoms with Gasteiger partial charge in [-0.25, -0.2) is 0 Å². The second-order valence-electron chi connectivity index (χ2n) is 8.77. The summed E-state index contributed by atoms with van der Waals surface area (Å²) in [5.74, 6) is 0.815. The van der Waals surface area contributed by atoms with Crippen LogP contribution in [0.4, 0.5) is 0 Å². The number of aromatic nitrogens is 1. The maximum absolute atomic E-state index is 12.7. The Labute approximate surface area is 212 Å². The molecule has 0 fully saturated rings. The van der Waals surface area contributed by atoms with Crippen LogP contribution in [0.3, 0.4) is 0 Å². The minimum Gasteiger partial charge on any atom is -0.497 e. The maximum Gasteiger partial charge on any atom is 0.228 e. The van der Waals surface area contributed by atoms with Crippen molar-refractivity contribution in [2.45, 2.75) is 50.8 Å². The van der Waals surface area contributed by atoms with Crippen LogP contribution in [0.1, 0.15) is 49.0 Å². The average molecular weight is 487 g/mol. The molecule has 4 nitrogen and oxygen atoms in total. The van der Waals surface area contributed by atoms with Gasteiger partial charge >= 0.3 is 0 Å². The monoisotopic (exact) mass is 486 g/mol. The van der Waals surface area contributed by atoms with Crippen molar-refractivity contribution in [2.24, 2.45) is 0 Å². The molecular formula is C30H34N2O2S. The van der Waals surface area contributed by atoms with Gasteiger partial charge in [0, 0.05) is 23.8 Å². The van der Waals surface area contributed by atoms with Crippen LogP contribution >= 0.6 is 11.9 Å². The fourth-order valence-corrected chi connectivity index (χ4v) is 5.20. The number of nitrogens with zero attached hydrogens (tertiary/aromatic N) is 1. The second kappa shape index (κ2) is 12.1. The number of methoxy groups -OCH3 is 1. The van der Waals surface area contributed by atoms with Crippen molar-refractivity contribution >= 4 is 28.8 Å². The summed E-state index contributed by atoms with van der Waals surface area (Å²) >= 11 is 1.66. The van der Waals surface area contributed by atoms with E-state index in [2.05, 4.69) is 42.0 Å². The fraction of sp³-hybridized carbons (Fsp3) is 0.300. The third kappa shape index (κ3) is 5.98. The molecule has 3 aromatic carbocycles. The number of rotatable bonds is 11. The largest absolute Gasteiger partial charge is 0.497 e. The Morgan fingerprint density at radius 2 is 1.69 bits per heavy atom. The fourth-order valence-electron chi connectivity index (χ4n) is 4.55. The molecule has 4 rings (SSSR count). The van der Waals surface area contributed by atoms with E-state index in [0.717, 1.165) is 47.3 Å². The summed E-state index contributed by atoms with van der Waals surface area (Å²) in [7, 11) is 1.66. The van der Waals surface area contributed by atoms with Crippen LogP contribution in [0.15, 0.2) is 77.7 Å². The van der Waals surface area contributed by atoms with Crippen molar-refractivity contribution in [3.8, 4) is 17.0 Å². The maximum atomic E-state index is 12.7. The number of nitrogens with one attached hydrogen (secondary N) is 1. The summed E-state index contributed by atoms with van der Waals surface area (Å²) in [6.45, 7) is 4.66. The Kier molecular flexibility index (Phi) is 8.67. The van der Waals surface area contributed by atoms with Crippen molar-refractivity contribution in [1.29, 1.82) is 0 Å². The number of unbranched alkanes of at least 4 members (excludes halogenated alkanes) is 2. The number of hydrogen-bond donors (Lipinski definition) is 1. The molecule has 1 heterocycles. The van der Waals surface area contributed by atoms with Gasteiger partial charge in [-0.15, -0.1) is 0 Å². The smallest absolute Gasteiger partial charge is 0.228 e. The van der Waals surface area contributed by atoms with Gasteiger partial charge in [-0.2, -0.15) is 0 Å². The van der Waals surface area contributed by atoms with Crippen molar-refractivity contribution < 1.29 is 9.53 Å². The van der Waals surface area contributed by atoms with E-state index in [1.54, 1.807) is 26.0 Å². The van der Waals surface area contributed by atoms with Gasteiger partial charge in [-0.1, -0.05) is 50.1 Å². The van der Waals surface area contributed by atoms with Gasteiger partial charge in [0.2, 0.25) is 5.91 Å². The molecule has 0 saturated heterocycles. The number of ether oxygens (including phenoxy) is 1. The number of carbonyl (C=O) groups excluding carboxylic acids is 1. The topological polar surface area (TPSA) is 43.3 Å². The van der Waals surface area contributed by atoms with Crippen LogP contribution < -0.4 is 9.46 Å². The summed E-state index contributed by atoms with van der Waals surface area (Å²) in [4.78, 5) is 13.9. The molecule has 0 unspecified atom stereocenters. The van der Waals surface area contributed by atoms with Gasteiger partial charge in [-0.05, 0) is 90.4 Å². The van der Waals surface area contributed by atoms with Crippen molar-refractivity contribution in [2.75, 3.05) is 13.7 Å². The van der Waals surface area contributed by atoms with Crippen molar-refractivity contribution in [1.82, 2.24) is 9.29 Å². The molecule has 0 bridgehead atoms. The van der Waals surface area contributed by atoms with Crippen LogP contribution in [0.5, 0.6) is 5.75 Å². The first-order valence-electron chi connectivity index (χ1n) is 12.4. The number of para-hydroxylation sites is 1. The SMILES string of the molecule is CCCCCc1ccc(SNCCc2c(-c3ccc(OC)cc3)n(C(C)=O)c3ccccc23)cc1. The van der Waals surface area contributed by atoms with E-state index in [1.807, 2.05) is 47.0 Å². The molecular weight excluding hydrogens is 452 g/mol. The first-order valence-corrected chi connectivity index (χ1v) is 13.2. The summed E-state index contributed by atoms with van der Waals surface area (Å²) in [5.41, 5.74) is 5.51. The molecule has 0 atom stereocenters. The van der Waals surface area contributed by atoms with Crippen LogP contribution in [0, 0.1) is 0 Å². The highest BCUT2D eigenvalue weighted by Gasteiger charge is 2.20. The minimum absolute atomic E-state index is 0.0135. The molecule has 0 saturated carbocycles. The Hall–Kier alpha value is -3.02. The Morgan fingerprint density at radius 3 is 2.37 bits per heavy atom. The lowest BCUT2D eigenvalue weighted by Crippen LogP contribution is -2.11. The molecule has 0 aliphatic carbocycles. The van der Waals surface area contributed by atoms with Gasteiger partial charge < -0.3 is 4.74 Å². The van der Waals surface area contributed by atoms with E-state index in [1.165, 1.54) is 35.3 Å². The molecule has 35 heavy (non-hydrogen) atoms. The number of fused-ring (bicyclic) bond motifs is 1. The highest BCUT2D eigenvalue weighted by Crippen LogP contribution is 2.35. The standard InChI is InChI=1S/C30H34N2O2S/c1-4-5-6-9-23-12-18-26(19-13-23)35-31-21-20-28-27-10-7-8-11-29(27)32(22(2)33)30(28)24-14-16-25(34-3)17-15-24/h7-8,10-19,31H,4-6,9,20-21H2,1-3H3. The zero-order valence-electron chi connectivity index (χ0n) is 20.8. The highest BCUT2D eigenvalue weighted by atomic mass is 32.2. The number of benzene rings is 3. The highest BCUT2D eigenvalue weighted by molar-refractivity contribution is 7.97. The lowest BCUT2D eigenvalue weighted by Gasteiger charge is -2.11. The molecule has 182 valence electrons. The third-order valence-electron chi connectivity index (χ3n) is 6.32. The predicted octanol–water partition coefficient (Wildman–Crippen LogP) is 7.55. The molecule has 0 aliphatic rings. The summed E-state index contributed by atoms with van der Waals surface area (Å²) in [5, 5.41) is 1.12. The lowest BCUT2D eigenvalue weighted by atomic mass is 10.0. The Bertz CT molecular complexity index is 1260. The van der Waals surface area contributed by atoms with Crippen LogP contribution in [-0.2, 0) is 12.8 Å². The van der Waals surface area contributed by atoms with Crippen LogP contribution in [0.25, 0.3) is 22.2 Å². The van der Waals surface area contributed by atoms with E-state index in [0.29, 0.717) is 0 Å². The zero-order chi connectivity index (χ0) is 24.6. The second-order valence-corrected chi connectivity index (χ2v) is 9.74. The van der Waals surface area contributed by atoms with E-state index >= 15 is 0 Å². The van der Waals surface area contributed by atoms with Crippen molar-refractivity contribution in [3.05, 3.63) is 83.9 Å². The van der Waals surface area contributed by atoms with Crippen molar-refractivity contribution in [3.63, 3.8) is 0 Å². The molecule has 4 aromatic rings. The van der Waals surface area contributed by atoms with Gasteiger partial charge in [0.05, 0.1) is 18.3 Å². The van der Waals surface area contributed by atoms with Crippen LogP contribution in [0.2, 0.25) is 0 Å². The van der Waals surface area contributed by atoms with Gasteiger partial charge in [0.25, 0.3) is 0 Å².